The van der Waals surface area contributed by atoms with Crippen LogP contribution in [0.2, 0.25) is 0 Å². The SMILES string of the molecule is C=C(NCC(O)CNCC1=CC[C@@H](N)[C@@H](O[C@H]2C(O)[C@@H](O[C@H]3OC[C@](C)(O)[C@H](C(C)C(=O)SC(C)(C)C)[C@H]3O)[C@H](NC(=C)[C@@H](O)CNC(=C)OC(C)(C)C)C[C@@H]2N)O1)OC(C)(C)C. The zero-order valence-corrected chi connectivity index (χ0v) is 40.1. The lowest BCUT2D eigenvalue weighted by molar-refractivity contribution is -0.316. The minimum Gasteiger partial charge on any atom is -0.474 e. The third-order valence-electron chi connectivity index (χ3n) is 10.4. The molecule has 63 heavy (non-hydrogen) atoms. The molecule has 1 saturated heterocycles. The van der Waals surface area contributed by atoms with Crippen molar-refractivity contribution in [2.45, 2.75) is 178 Å². The van der Waals surface area contributed by atoms with E-state index < -0.39 is 101 Å². The van der Waals surface area contributed by atoms with E-state index in [-0.39, 0.29) is 55.9 Å². The van der Waals surface area contributed by atoms with E-state index in [4.69, 9.17) is 39.9 Å². The largest absolute Gasteiger partial charge is 0.474 e. The molecule has 13 N–H and O–H groups in total. The molecule has 0 radical (unpaired) electrons. The Balaban J connectivity index is 1.78. The molecule has 1 aliphatic carbocycles. The van der Waals surface area contributed by atoms with Gasteiger partial charge in [0.05, 0.1) is 36.9 Å². The number of nitrogens with one attached hydrogen (secondary N) is 4. The molecule has 0 bridgehead atoms. The minimum atomic E-state index is -1.60. The smallest absolute Gasteiger partial charge is 0.215 e. The lowest BCUT2D eigenvalue weighted by Crippen LogP contribution is -2.67. The third kappa shape index (κ3) is 17.6. The second-order valence-corrected chi connectivity index (χ2v) is 22.0. The molecule has 2 fully saturated rings. The predicted octanol–water partition coefficient (Wildman–Crippen LogP) is 1.12. The van der Waals surface area contributed by atoms with Gasteiger partial charge in [0.2, 0.25) is 6.29 Å². The summed E-state index contributed by atoms with van der Waals surface area (Å²) >= 11 is 1.12. The van der Waals surface area contributed by atoms with E-state index in [1.165, 1.54) is 6.92 Å². The number of rotatable bonds is 21. The average Bonchev–Trinajstić information content (AvgIpc) is 3.12. The predicted molar refractivity (Wildman–Crippen MR) is 242 cm³/mol. The van der Waals surface area contributed by atoms with E-state index in [9.17, 15) is 30.3 Å². The molecule has 0 aromatic rings. The molecule has 3 rings (SSSR count). The van der Waals surface area contributed by atoms with Crippen molar-refractivity contribution in [1.29, 1.82) is 0 Å². The molecule has 3 aliphatic rings. The highest BCUT2D eigenvalue weighted by atomic mass is 32.2. The van der Waals surface area contributed by atoms with Gasteiger partial charge in [0.15, 0.2) is 23.2 Å². The number of ether oxygens (including phenoxy) is 6. The Kier molecular flexibility index (Phi) is 19.7. The number of aliphatic hydroxyl groups excluding tert-OH is 4. The molecule has 2 aliphatic heterocycles. The minimum absolute atomic E-state index is 0.0152. The molecular weight excluding hydrogens is 837 g/mol. The molecule has 1 saturated carbocycles. The Bertz CT molecular complexity index is 1560. The summed E-state index contributed by atoms with van der Waals surface area (Å²) < 4.78 is 35.8. The fourth-order valence-corrected chi connectivity index (χ4v) is 8.51. The highest BCUT2D eigenvalue weighted by Crippen LogP contribution is 2.41. The number of carbonyl (C=O) groups excluding carboxylic acids is 1. The second-order valence-electron chi connectivity index (χ2n) is 20.1. The van der Waals surface area contributed by atoms with Crippen LogP contribution < -0.4 is 32.7 Å². The van der Waals surface area contributed by atoms with Crippen molar-refractivity contribution in [1.82, 2.24) is 21.3 Å². The van der Waals surface area contributed by atoms with Crippen LogP contribution in [-0.4, -0.2) is 152 Å². The summed E-state index contributed by atoms with van der Waals surface area (Å²) in [5, 5.41) is 69.0. The number of hydrogen-bond donors (Lipinski definition) is 11. The van der Waals surface area contributed by atoms with Crippen molar-refractivity contribution < 1.29 is 58.7 Å². The molecular formula is C44H80N6O12S. The lowest BCUT2D eigenvalue weighted by Gasteiger charge is -2.50. The van der Waals surface area contributed by atoms with E-state index in [1.807, 2.05) is 68.4 Å². The molecule has 14 atom stereocenters. The van der Waals surface area contributed by atoms with Crippen LogP contribution in [0.3, 0.4) is 0 Å². The average molecular weight is 917 g/mol. The standard InChI is InChI=1S/C44H80N6O12S/c1-23(38(55)63-43(11,12)13)33-34(53)40(57-22-44(33,14)56)60-37-31(50-24(2)32(52)21-49-26(4)62-42(8,9)10)17-30(46)36(35(37)54)59-39-29(45)16-15-28(58-39)20-47-18-27(51)19-48-25(3)61-41(5,6)7/h15,23,27,29-37,39-40,47-54,56H,2-4,16-22,45-46H2,1,5-14H3/t23?,27?,29-,30+,31-,32+,33-,34-,35?,36-,37+,39-,40-,44+/m1/s1. The summed E-state index contributed by atoms with van der Waals surface area (Å²) in [6.45, 7) is 32.2. The van der Waals surface area contributed by atoms with Gasteiger partial charge < -0.3 is 86.7 Å². The maximum absolute atomic E-state index is 13.4. The van der Waals surface area contributed by atoms with Crippen LogP contribution in [0.4, 0.5) is 0 Å². The normalized spacial score (nSPS) is 31.9. The summed E-state index contributed by atoms with van der Waals surface area (Å²) in [4.78, 5) is 13.4. The summed E-state index contributed by atoms with van der Waals surface area (Å²) in [7, 11) is 0. The lowest BCUT2D eigenvalue weighted by atomic mass is 9.75. The van der Waals surface area contributed by atoms with E-state index in [1.54, 1.807) is 6.92 Å². The maximum Gasteiger partial charge on any atom is 0.215 e. The maximum atomic E-state index is 13.4. The third-order valence-corrected chi connectivity index (χ3v) is 11.6. The van der Waals surface area contributed by atoms with E-state index in [0.717, 1.165) is 11.8 Å². The zero-order valence-electron chi connectivity index (χ0n) is 39.3. The Morgan fingerprint density at radius 2 is 1.48 bits per heavy atom. The Morgan fingerprint density at radius 1 is 0.905 bits per heavy atom. The van der Waals surface area contributed by atoms with Gasteiger partial charge in [0.1, 0.15) is 47.5 Å². The van der Waals surface area contributed by atoms with Crippen molar-refractivity contribution in [3.05, 3.63) is 49.0 Å². The molecule has 0 spiro atoms. The van der Waals surface area contributed by atoms with Gasteiger partial charge in [-0.2, -0.15) is 0 Å². The van der Waals surface area contributed by atoms with Crippen molar-refractivity contribution in [3.63, 3.8) is 0 Å². The van der Waals surface area contributed by atoms with Crippen molar-refractivity contribution in [2.24, 2.45) is 23.3 Å². The first-order chi connectivity index (χ1) is 28.9. The van der Waals surface area contributed by atoms with Crippen molar-refractivity contribution in [2.75, 3.05) is 32.8 Å². The number of hydrogen-bond acceptors (Lipinski definition) is 19. The number of thioether (sulfide) groups is 1. The van der Waals surface area contributed by atoms with Gasteiger partial charge >= 0.3 is 0 Å². The first-order valence-electron chi connectivity index (χ1n) is 21.7. The summed E-state index contributed by atoms with van der Waals surface area (Å²) in [6, 6.07) is -2.29. The van der Waals surface area contributed by atoms with Crippen LogP contribution in [0.1, 0.15) is 89.0 Å². The molecule has 0 aromatic carbocycles. The van der Waals surface area contributed by atoms with Crippen molar-refractivity contribution >= 4 is 16.9 Å². The number of nitrogens with two attached hydrogens (primary N) is 2. The van der Waals surface area contributed by atoms with Gasteiger partial charge in [-0.05, 0) is 80.5 Å². The topological polar surface area (TPSA) is 274 Å². The highest BCUT2D eigenvalue weighted by Gasteiger charge is 2.54. The Hall–Kier alpha value is -2.66. The molecule has 364 valence electrons. The van der Waals surface area contributed by atoms with Crippen LogP contribution in [0.15, 0.2) is 49.0 Å². The molecule has 18 nitrogen and oxygen atoms in total. The van der Waals surface area contributed by atoms with Crippen LogP contribution in [0.5, 0.6) is 0 Å². The molecule has 2 heterocycles. The van der Waals surface area contributed by atoms with Gasteiger partial charge in [-0.1, -0.05) is 46.0 Å². The highest BCUT2D eigenvalue weighted by molar-refractivity contribution is 8.14. The first kappa shape index (κ1) is 54.7. The summed E-state index contributed by atoms with van der Waals surface area (Å²) in [5.41, 5.74) is 10.8. The van der Waals surface area contributed by atoms with E-state index >= 15 is 0 Å². The summed E-state index contributed by atoms with van der Waals surface area (Å²) in [5.74, 6) is -0.694. The zero-order chi connectivity index (χ0) is 47.8. The fraction of sp³-hybridized carbons (Fsp3) is 0.795. The van der Waals surface area contributed by atoms with Gasteiger partial charge in [-0.3, -0.25) is 4.79 Å². The Morgan fingerprint density at radius 3 is 2.05 bits per heavy atom. The first-order valence-corrected chi connectivity index (χ1v) is 22.6. The molecule has 19 heteroatoms. The van der Waals surface area contributed by atoms with Gasteiger partial charge in [-0.25, -0.2) is 0 Å². The van der Waals surface area contributed by atoms with E-state index in [0.29, 0.717) is 18.1 Å². The monoisotopic (exact) mass is 917 g/mol. The molecule has 0 aromatic heterocycles. The van der Waals surface area contributed by atoms with Crippen LogP contribution >= 0.6 is 11.8 Å². The Labute approximate surface area is 378 Å². The number of aliphatic hydroxyl groups is 5. The van der Waals surface area contributed by atoms with E-state index in [2.05, 4.69) is 41.0 Å². The fourth-order valence-electron chi connectivity index (χ4n) is 7.58. The molecule has 0 amide bonds. The molecule has 3 unspecified atom stereocenters. The summed E-state index contributed by atoms with van der Waals surface area (Å²) in [6.07, 6.45) is -7.42. The van der Waals surface area contributed by atoms with Crippen LogP contribution in [0.25, 0.3) is 0 Å². The van der Waals surface area contributed by atoms with Crippen molar-refractivity contribution in [3.8, 4) is 0 Å². The number of carbonyl (C=O) groups is 1. The second kappa shape index (κ2) is 22.7. The quantitative estimate of drug-likeness (QED) is 0.0720. The van der Waals surface area contributed by atoms with Gasteiger partial charge in [-0.15, -0.1) is 0 Å². The van der Waals surface area contributed by atoms with Gasteiger partial charge in [0.25, 0.3) is 0 Å². The van der Waals surface area contributed by atoms with Crippen LogP contribution in [-0.2, 0) is 33.2 Å². The van der Waals surface area contributed by atoms with Gasteiger partial charge in [0, 0.05) is 48.0 Å². The van der Waals surface area contributed by atoms with Crippen LogP contribution in [0, 0.1) is 11.8 Å².